The molecule has 126 valence electrons. The molecule has 5 nitrogen and oxygen atoms in total. The first-order chi connectivity index (χ1) is 12.1. The van der Waals surface area contributed by atoms with Gasteiger partial charge in [-0.15, -0.1) is 0 Å². The smallest absolute Gasteiger partial charge is 0.262 e. The Hall–Kier alpha value is -2.95. The second-order valence-electron chi connectivity index (χ2n) is 6.48. The number of benzene rings is 2. The van der Waals surface area contributed by atoms with Gasteiger partial charge in [-0.3, -0.25) is 19.3 Å². The van der Waals surface area contributed by atoms with Crippen molar-refractivity contribution < 1.29 is 14.4 Å². The molecule has 0 saturated carbocycles. The van der Waals surface area contributed by atoms with Crippen LogP contribution in [-0.2, 0) is 4.79 Å². The summed E-state index contributed by atoms with van der Waals surface area (Å²) in [7, 11) is 0. The molecule has 0 aromatic heterocycles. The zero-order chi connectivity index (χ0) is 17.4. The summed E-state index contributed by atoms with van der Waals surface area (Å²) in [5, 5.41) is 0. The minimum atomic E-state index is -0.382. The number of hydrogen-bond donors (Lipinski definition) is 0. The molecule has 2 heterocycles. The molecule has 4 rings (SSSR count). The van der Waals surface area contributed by atoms with Crippen molar-refractivity contribution in [2.45, 2.75) is 12.3 Å². The minimum Gasteiger partial charge on any atom is -0.341 e. The van der Waals surface area contributed by atoms with Gasteiger partial charge in [-0.25, -0.2) is 0 Å². The summed E-state index contributed by atoms with van der Waals surface area (Å²) < 4.78 is 0. The Labute approximate surface area is 145 Å². The zero-order valence-corrected chi connectivity index (χ0v) is 13.7. The average Bonchev–Trinajstić information content (AvgIpc) is 3.23. The number of likely N-dealkylation sites (tertiary alicyclic amines) is 1. The number of hydrogen-bond acceptors (Lipinski definition) is 3. The van der Waals surface area contributed by atoms with Gasteiger partial charge in [-0.2, -0.15) is 0 Å². The molecule has 25 heavy (non-hydrogen) atoms. The lowest BCUT2D eigenvalue weighted by atomic mass is 9.99. The SMILES string of the molecule is O=C(CN1C(=O)c2ccccc2C1=O)N1CC[C@H](c2ccccc2)C1. The van der Waals surface area contributed by atoms with Crippen LogP contribution >= 0.6 is 0 Å². The summed E-state index contributed by atoms with van der Waals surface area (Å²) in [6, 6.07) is 16.8. The third-order valence-corrected chi connectivity index (χ3v) is 4.98. The maximum absolute atomic E-state index is 12.6. The summed E-state index contributed by atoms with van der Waals surface area (Å²) in [5.41, 5.74) is 1.98. The summed E-state index contributed by atoms with van der Waals surface area (Å²) in [6.45, 7) is 1.10. The fraction of sp³-hybridized carbons (Fsp3) is 0.250. The van der Waals surface area contributed by atoms with Gasteiger partial charge in [0.05, 0.1) is 11.1 Å². The lowest BCUT2D eigenvalue weighted by Gasteiger charge is -2.20. The molecular weight excluding hydrogens is 316 g/mol. The highest BCUT2D eigenvalue weighted by Gasteiger charge is 2.38. The molecule has 0 N–H and O–H groups in total. The molecule has 2 aliphatic rings. The van der Waals surface area contributed by atoms with Crippen molar-refractivity contribution in [3.05, 3.63) is 71.3 Å². The summed E-state index contributed by atoms with van der Waals surface area (Å²) in [5.74, 6) is -0.624. The topological polar surface area (TPSA) is 57.7 Å². The normalized spacial score (nSPS) is 19.4. The Kier molecular flexibility index (Phi) is 3.84. The fourth-order valence-corrected chi connectivity index (χ4v) is 3.60. The van der Waals surface area contributed by atoms with Crippen LogP contribution in [0.15, 0.2) is 54.6 Å². The number of nitrogens with zero attached hydrogens (tertiary/aromatic N) is 2. The Morgan fingerprint density at radius 3 is 2.16 bits per heavy atom. The predicted octanol–water partition coefficient (Wildman–Crippen LogP) is 2.30. The van der Waals surface area contributed by atoms with Crippen LogP contribution in [-0.4, -0.2) is 47.2 Å². The quantitative estimate of drug-likeness (QED) is 0.809. The van der Waals surface area contributed by atoms with Gasteiger partial charge in [-0.1, -0.05) is 42.5 Å². The monoisotopic (exact) mass is 334 g/mol. The molecule has 1 saturated heterocycles. The van der Waals surface area contributed by atoms with Crippen LogP contribution < -0.4 is 0 Å². The van der Waals surface area contributed by atoms with Crippen LogP contribution in [0.4, 0.5) is 0 Å². The minimum absolute atomic E-state index is 0.173. The number of amides is 3. The maximum Gasteiger partial charge on any atom is 0.262 e. The molecule has 3 amide bonds. The van der Waals surface area contributed by atoms with E-state index in [9.17, 15) is 14.4 Å². The molecule has 0 spiro atoms. The van der Waals surface area contributed by atoms with Gasteiger partial charge in [0, 0.05) is 19.0 Å². The number of rotatable bonds is 3. The summed E-state index contributed by atoms with van der Waals surface area (Å²) >= 11 is 0. The van der Waals surface area contributed by atoms with Gasteiger partial charge in [0.1, 0.15) is 6.54 Å². The van der Waals surface area contributed by atoms with E-state index >= 15 is 0 Å². The second kappa shape index (κ2) is 6.16. The van der Waals surface area contributed by atoms with Gasteiger partial charge in [0.2, 0.25) is 5.91 Å². The van der Waals surface area contributed by atoms with Crippen LogP contribution in [0, 0.1) is 0 Å². The van der Waals surface area contributed by atoms with Crippen molar-refractivity contribution in [3.63, 3.8) is 0 Å². The predicted molar refractivity (Wildman–Crippen MR) is 92.2 cm³/mol. The van der Waals surface area contributed by atoms with Gasteiger partial charge in [-0.05, 0) is 24.1 Å². The van der Waals surface area contributed by atoms with Crippen LogP contribution in [0.5, 0.6) is 0 Å². The average molecular weight is 334 g/mol. The molecule has 1 fully saturated rings. The van der Waals surface area contributed by atoms with E-state index in [2.05, 4.69) is 12.1 Å². The summed E-state index contributed by atoms with van der Waals surface area (Å²) in [6.07, 6.45) is 0.901. The van der Waals surface area contributed by atoms with Gasteiger partial charge in [0.15, 0.2) is 0 Å². The largest absolute Gasteiger partial charge is 0.341 e. The van der Waals surface area contributed by atoms with E-state index in [1.54, 1.807) is 29.2 Å². The van der Waals surface area contributed by atoms with E-state index in [4.69, 9.17) is 0 Å². The Morgan fingerprint density at radius 1 is 0.920 bits per heavy atom. The second-order valence-corrected chi connectivity index (χ2v) is 6.48. The fourth-order valence-electron chi connectivity index (χ4n) is 3.60. The number of imide groups is 1. The summed E-state index contributed by atoms with van der Waals surface area (Å²) in [4.78, 5) is 40.2. The van der Waals surface area contributed by atoms with Gasteiger partial charge in [0.25, 0.3) is 11.8 Å². The standard InChI is InChI=1S/C20H18N2O3/c23-18(21-11-10-15(12-21)14-6-2-1-3-7-14)13-22-19(24)16-8-4-5-9-17(16)20(22)25/h1-9,15H,10-13H2/t15-/m0/s1. The molecule has 2 aliphatic heterocycles. The lowest BCUT2D eigenvalue weighted by molar-refractivity contribution is -0.130. The van der Waals surface area contributed by atoms with E-state index < -0.39 is 0 Å². The van der Waals surface area contributed by atoms with Gasteiger partial charge >= 0.3 is 0 Å². The third-order valence-electron chi connectivity index (χ3n) is 4.98. The molecule has 2 aromatic carbocycles. The van der Waals surface area contributed by atoms with Crippen molar-refractivity contribution in [3.8, 4) is 0 Å². The van der Waals surface area contributed by atoms with Crippen molar-refractivity contribution in [1.82, 2.24) is 9.80 Å². The number of carbonyl (C=O) groups excluding carboxylic acids is 3. The Bertz CT molecular complexity index is 812. The molecule has 0 aliphatic carbocycles. The van der Waals surface area contributed by atoms with Crippen LogP contribution in [0.1, 0.15) is 38.6 Å². The Balaban J connectivity index is 1.44. The van der Waals surface area contributed by atoms with Gasteiger partial charge < -0.3 is 4.90 Å². The third kappa shape index (κ3) is 2.71. The van der Waals surface area contributed by atoms with Crippen molar-refractivity contribution >= 4 is 17.7 Å². The van der Waals surface area contributed by atoms with E-state index in [0.717, 1.165) is 11.3 Å². The van der Waals surface area contributed by atoms with Crippen LogP contribution in [0.25, 0.3) is 0 Å². The molecule has 0 radical (unpaired) electrons. The first-order valence-electron chi connectivity index (χ1n) is 8.43. The molecule has 1 atom stereocenters. The zero-order valence-electron chi connectivity index (χ0n) is 13.7. The first kappa shape index (κ1) is 15.6. The molecule has 2 aromatic rings. The van der Waals surface area contributed by atoms with E-state index in [1.807, 2.05) is 18.2 Å². The van der Waals surface area contributed by atoms with E-state index in [0.29, 0.717) is 30.1 Å². The highest BCUT2D eigenvalue weighted by atomic mass is 16.2. The highest BCUT2D eigenvalue weighted by Crippen LogP contribution is 2.28. The lowest BCUT2D eigenvalue weighted by Crippen LogP contribution is -2.41. The molecule has 0 unspecified atom stereocenters. The number of carbonyl (C=O) groups is 3. The molecular formula is C20H18N2O3. The molecule has 5 heteroatoms. The van der Waals surface area contributed by atoms with E-state index in [1.165, 1.54) is 5.56 Å². The Morgan fingerprint density at radius 2 is 1.52 bits per heavy atom. The van der Waals surface area contributed by atoms with E-state index in [-0.39, 0.29) is 24.3 Å². The van der Waals surface area contributed by atoms with Crippen molar-refractivity contribution in [2.24, 2.45) is 0 Å². The van der Waals surface area contributed by atoms with Crippen LogP contribution in [0.3, 0.4) is 0 Å². The first-order valence-corrected chi connectivity index (χ1v) is 8.43. The number of fused-ring (bicyclic) bond motifs is 1. The van der Waals surface area contributed by atoms with Crippen molar-refractivity contribution in [2.75, 3.05) is 19.6 Å². The van der Waals surface area contributed by atoms with Crippen LogP contribution in [0.2, 0.25) is 0 Å². The maximum atomic E-state index is 12.6. The van der Waals surface area contributed by atoms with Crippen molar-refractivity contribution in [1.29, 1.82) is 0 Å². The highest BCUT2D eigenvalue weighted by molar-refractivity contribution is 6.22. The molecule has 0 bridgehead atoms.